The molecule has 0 unspecified atom stereocenters. The number of aliphatic carboxylic acids is 1. The smallest absolute Gasteiger partial charge is 0.311 e. The van der Waals surface area contributed by atoms with Gasteiger partial charge >= 0.3 is 5.97 Å². The second kappa shape index (κ2) is 7.78. The zero-order chi connectivity index (χ0) is 15.8. The predicted octanol–water partition coefficient (Wildman–Crippen LogP) is 3.32. The zero-order valence-corrected chi connectivity index (χ0v) is 11.9. The molecule has 1 N–H and O–H groups in total. The topological polar surface area (TPSA) is 63.6 Å². The molecule has 2 aromatic carbocycles. The van der Waals surface area contributed by atoms with Gasteiger partial charge in [0.25, 0.3) is 0 Å². The first kappa shape index (κ1) is 15.5. The zero-order valence-electron chi connectivity index (χ0n) is 11.9. The molecule has 2 aromatic rings. The molecule has 0 radical (unpaired) electrons. The van der Waals surface area contributed by atoms with Crippen LogP contribution < -0.4 is 4.74 Å². The quantitative estimate of drug-likeness (QED) is 0.629. The van der Waals surface area contributed by atoms with Gasteiger partial charge < -0.3 is 9.84 Å². The van der Waals surface area contributed by atoms with Crippen molar-refractivity contribution in [2.75, 3.05) is 0 Å². The first-order valence-corrected chi connectivity index (χ1v) is 6.83. The molecular formula is C18H16O4. The van der Waals surface area contributed by atoms with Gasteiger partial charge in [-0.05, 0) is 23.8 Å². The normalized spacial score (nSPS) is 10.5. The highest BCUT2D eigenvalue weighted by Crippen LogP contribution is 2.20. The van der Waals surface area contributed by atoms with Crippen molar-refractivity contribution in [3.05, 3.63) is 71.8 Å². The van der Waals surface area contributed by atoms with Crippen molar-refractivity contribution in [1.82, 2.24) is 0 Å². The number of ether oxygens (including phenoxy) is 1. The van der Waals surface area contributed by atoms with Gasteiger partial charge in [0, 0.05) is 5.56 Å². The van der Waals surface area contributed by atoms with E-state index < -0.39 is 18.2 Å². The van der Waals surface area contributed by atoms with Crippen LogP contribution in [0.2, 0.25) is 0 Å². The van der Waals surface area contributed by atoms with Crippen LogP contribution in [0.3, 0.4) is 0 Å². The van der Waals surface area contributed by atoms with Crippen molar-refractivity contribution < 1.29 is 19.4 Å². The average molecular weight is 296 g/mol. The summed E-state index contributed by atoms with van der Waals surface area (Å²) in [7, 11) is 0. The number of allylic oxidation sites excluding steroid dienone is 1. The molecule has 0 aromatic heterocycles. The maximum absolute atomic E-state index is 11.4. The third kappa shape index (κ3) is 4.90. The number of ketones is 1. The van der Waals surface area contributed by atoms with Crippen LogP contribution in [0.4, 0.5) is 0 Å². The molecule has 0 saturated heterocycles. The third-order valence-electron chi connectivity index (χ3n) is 2.93. The maximum Gasteiger partial charge on any atom is 0.311 e. The number of hydrogen-bond donors (Lipinski definition) is 1. The molecule has 0 atom stereocenters. The molecule has 0 heterocycles. The lowest BCUT2D eigenvalue weighted by Crippen LogP contribution is -2.03. The van der Waals surface area contributed by atoms with E-state index in [4.69, 9.17) is 9.84 Å². The maximum atomic E-state index is 11.4. The average Bonchev–Trinajstić information content (AvgIpc) is 2.52. The highest BCUT2D eigenvalue weighted by molar-refractivity contribution is 6.03. The van der Waals surface area contributed by atoms with Gasteiger partial charge in [0.05, 0.1) is 0 Å². The number of rotatable bonds is 7. The fourth-order valence-electron chi connectivity index (χ4n) is 1.88. The molecule has 0 saturated carbocycles. The second-order valence-corrected chi connectivity index (χ2v) is 4.68. The van der Waals surface area contributed by atoms with Gasteiger partial charge in [-0.3, -0.25) is 9.59 Å². The Morgan fingerprint density at radius 3 is 2.41 bits per heavy atom. The van der Waals surface area contributed by atoms with Crippen LogP contribution in [0.15, 0.2) is 60.7 Å². The van der Waals surface area contributed by atoms with Gasteiger partial charge in [0.15, 0.2) is 5.78 Å². The van der Waals surface area contributed by atoms with E-state index >= 15 is 0 Å². The fourth-order valence-corrected chi connectivity index (χ4v) is 1.88. The summed E-state index contributed by atoms with van der Waals surface area (Å²) in [6.07, 6.45) is 2.33. The molecule has 4 nitrogen and oxygen atoms in total. The van der Waals surface area contributed by atoms with E-state index in [1.165, 1.54) is 6.08 Å². The predicted molar refractivity (Wildman–Crippen MR) is 83.5 cm³/mol. The summed E-state index contributed by atoms with van der Waals surface area (Å²) in [5.41, 5.74) is 1.78. The lowest BCUT2D eigenvalue weighted by molar-refractivity contribution is -0.139. The van der Waals surface area contributed by atoms with E-state index in [1.54, 1.807) is 6.08 Å². The van der Waals surface area contributed by atoms with Gasteiger partial charge in [-0.1, -0.05) is 48.5 Å². The van der Waals surface area contributed by atoms with Crippen molar-refractivity contribution >= 4 is 17.8 Å². The molecule has 22 heavy (non-hydrogen) atoms. The number of carboxylic acid groups (broad SMARTS) is 1. The largest absolute Gasteiger partial charge is 0.488 e. The summed E-state index contributed by atoms with van der Waals surface area (Å²) in [6, 6.07) is 17.0. The standard InChI is InChI=1S/C18H16O4/c19-16(12-18(20)21)11-10-15-8-4-5-9-17(15)22-13-14-6-2-1-3-7-14/h1-11H,12-13H2,(H,20,21). The van der Waals surface area contributed by atoms with Crippen LogP contribution in [-0.4, -0.2) is 16.9 Å². The Morgan fingerprint density at radius 1 is 1.00 bits per heavy atom. The molecular weight excluding hydrogens is 280 g/mol. The lowest BCUT2D eigenvalue weighted by Gasteiger charge is -2.09. The number of hydrogen-bond acceptors (Lipinski definition) is 3. The third-order valence-corrected chi connectivity index (χ3v) is 2.93. The van der Waals surface area contributed by atoms with Crippen LogP contribution in [0.25, 0.3) is 6.08 Å². The minimum Gasteiger partial charge on any atom is -0.488 e. The van der Waals surface area contributed by atoms with Gasteiger partial charge in [0.1, 0.15) is 18.8 Å². The Morgan fingerprint density at radius 2 is 1.68 bits per heavy atom. The molecule has 0 spiro atoms. The minimum absolute atomic E-state index is 0.425. The van der Waals surface area contributed by atoms with Crippen molar-refractivity contribution in [2.24, 2.45) is 0 Å². The first-order valence-electron chi connectivity index (χ1n) is 6.83. The number of carbonyl (C=O) groups excluding carboxylic acids is 1. The molecule has 2 rings (SSSR count). The Balaban J connectivity index is 2.05. The molecule has 0 fully saturated rings. The number of carboxylic acids is 1. The summed E-state index contributed by atoms with van der Waals surface area (Å²) in [5.74, 6) is -0.945. The van der Waals surface area contributed by atoms with Crippen molar-refractivity contribution in [2.45, 2.75) is 13.0 Å². The number of para-hydroxylation sites is 1. The minimum atomic E-state index is -1.14. The van der Waals surface area contributed by atoms with E-state index in [2.05, 4.69) is 0 Å². The van der Waals surface area contributed by atoms with Gasteiger partial charge in [-0.2, -0.15) is 0 Å². The Labute approximate surface area is 128 Å². The molecule has 0 aliphatic rings. The van der Waals surface area contributed by atoms with E-state index in [9.17, 15) is 9.59 Å². The molecule has 112 valence electrons. The van der Waals surface area contributed by atoms with Crippen LogP contribution >= 0.6 is 0 Å². The first-order chi connectivity index (χ1) is 10.6. The van der Waals surface area contributed by atoms with E-state index in [0.29, 0.717) is 12.4 Å². The Bertz CT molecular complexity index is 674. The van der Waals surface area contributed by atoms with Crippen LogP contribution in [-0.2, 0) is 16.2 Å². The van der Waals surface area contributed by atoms with Gasteiger partial charge in [-0.25, -0.2) is 0 Å². The van der Waals surface area contributed by atoms with Crippen molar-refractivity contribution in [3.63, 3.8) is 0 Å². The van der Waals surface area contributed by atoms with E-state index in [1.807, 2.05) is 54.6 Å². The fraction of sp³-hybridized carbons (Fsp3) is 0.111. The van der Waals surface area contributed by atoms with E-state index in [-0.39, 0.29) is 0 Å². The lowest BCUT2D eigenvalue weighted by atomic mass is 10.1. The van der Waals surface area contributed by atoms with Crippen molar-refractivity contribution in [3.8, 4) is 5.75 Å². The summed E-state index contributed by atoms with van der Waals surface area (Å²) < 4.78 is 5.76. The molecule has 0 bridgehead atoms. The summed E-state index contributed by atoms with van der Waals surface area (Å²) in [5, 5.41) is 8.57. The second-order valence-electron chi connectivity index (χ2n) is 4.68. The highest BCUT2D eigenvalue weighted by Gasteiger charge is 2.05. The highest BCUT2D eigenvalue weighted by atomic mass is 16.5. The monoisotopic (exact) mass is 296 g/mol. The van der Waals surface area contributed by atoms with Gasteiger partial charge in [-0.15, -0.1) is 0 Å². The summed E-state index contributed by atoms with van der Waals surface area (Å²) in [6.45, 7) is 0.425. The Hall–Kier alpha value is -2.88. The van der Waals surface area contributed by atoms with E-state index in [0.717, 1.165) is 11.1 Å². The summed E-state index contributed by atoms with van der Waals surface area (Å²) >= 11 is 0. The molecule has 0 amide bonds. The molecule has 4 heteroatoms. The van der Waals surface area contributed by atoms with Gasteiger partial charge in [0.2, 0.25) is 0 Å². The SMILES string of the molecule is O=C(O)CC(=O)C=Cc1ccccc1OCc1ccccc1. The van der Waals surface area contributed by atoms with Crippen molar-refractivity contribution in [1.29, 1.82) is 0 Å². The Kier molecular flexibility index (Phi) is 5.49. The number of benzene rings is 2. The molecule has 0 aliphatic heterocycles. The number of carbonyl (C=O) groups is 2. The molecule has 0 aliphatic carbocycles. The van der Waals surface area contributed by atoms with Crippen LogP contribution in [0.5, 0.6) is 5.75 Å². The van der Waals surface area contributed by atoms with Crippen LogP contribution in [0.1, 0.15) is 17.5 Å². The van der Waals surface area contributed by atoms with Crippen LogP contribution in [0, 0.1) is 0 Å². The summed E-state index contributed by atoms with van der Waals surface area (Å²) in [4.78, 5) is 21.9.